The Balaban J connectivity index is 1.75. The standard InChI is InChI=1S/C19H20ClFN2O2S/c1-11-3-4-16(20)15(9-11)17-5-6-18-19(22-26(24,25)23(17)18)13-7-12(2)8-14(21)10-13/h3-4,7-10,17-19,22H,5-6H2,1-2H3/t17-,18-,19+/m0/s1. The summed E-state index contributed by atoms with van der Waals surface area (Å²) in [5, 5.41) is 0.571. The number of fused-ring (bicyclic) bond motifs is 1. The predicted octanol–water partition coefficient (Wildman–Crippen LogP) is 4.19. The first-order chi connectivity index (χ1) is 12.3. The van der Waals surface area contributed by atoms with Crippen molar-refractivity contribution in [1.29, 1.82) is 0 Å². The quantitative estimate of drug-likeness (QED) is 0.830. The molecule has 4 nitrogen and oxygen atoms in total. The minimum Gasteiger partial charge on any atom is -0.207 e. The molecule has 0 radical (unpaired) electrons. The van der Waals surface area contributed by atoms with Gasteiger partial charge in [0.15, 0.2) is 0 Å². The van der Waals surface area contributed by atoms with Crippen molar-refractivity contribution in [3.05, 3.63) is 69.5 Å². The van der Waals surface area contributed by atoms with E-state index in [1.165, 1.54) is 16.4 Å². The van der Waals surface area contributed by atoms with Crippen LogP contribution in [0, 0.1) is 19.7 Å². The first-order valence-corrected chi connectivity index (χ1v) is 10.4. The molecule has 0 aliphatic carbocycles. The Morgan fingerprint density at radius 1 is 1.12 bits per heavy atom. The normalized spacial score (nSPS) is 27.6. The summed E-state index contributed by atoms with van der Waals surface area (Å²) in [6, 6.07) is 9.36. The van der Waals surface area contributed by atoms with Crippen molar-refractivity contribution < 1.29 is 12.8 Å². The van der Waals surface area contributed by atoms with E-state index in [2.05, 4.69) is 4.72 Å². The van der Waals surface area contributed by atoms with Gasteiger partial charge >= 0.3 is 0 Å². The van der Waals surface area contributed by atoms with Crippen LogP contribution in [0.5, 0.6) is 0 Å². The largest absolute Gasteiger partial charge is 0.280 e. The highest BCUT2D eigenvalue weighted by Crippen LogP contribution is 2.48. The molecule has 0 saturated carbocycles. The van der Waals surface area contributed by atoms with E-state index in [1.54, 1.807) is 6.92 Å². The smallest absolute Gasteiger partial charge is 0.207 e. The average molecular weight is 395 g/mol. The highest BCUT2D eigenvalue weighted by atomic mass is 35.5. The SMILES string of the molecule is Cc1cc(F)cc([C@H]2NS(=O)(=O)N3[C@H](c4cc(C)ccc4Cl)CC[C@@H]23)c1. The molecule has 0 bridgehead atoms. The minimum absolute atomic E-state index is 0.247. The lowest BCUT2D eigenvalue weighted by Crippen LogP contribution is -2.32. The van der Waals surface area contributed by atoms with Crippen LogP contribution in [0.2, 0.25) is 5.02 Å². The molecular formula is C19H20ClFN2O2S. The Bertz CT molecular complexity index is 959. The van der Waals surface area contributed by atoms with Crippen molar-refractivity contribution >= 4 is 21.8 Å². The Labute approximate surface area is 158 Å². The molecule has 2 heterocycles. The van der Waals surface area contributed by atoms with Gasteiger partial charge in [-0.1, -0.05) is 35.4 Å². The highest BCUT2D eigenvalue weighted by Gasteiger charge is 2.52. The zero-order valence-corrected chi connectivity index (χ0v) is 16.1. The highest BCUT2D eigenvalue weighted by molar-refractivity contribution is 7.87. The van der Waals surface area contributed by atoms with E-state index in [0.29, 0.717) is 23.4 Å². The molecule has 0 spiro atoms. The van der Waals surface area contributed by atoms with Crippen LogP contribution >= 0.6 is 11.6 Å². The molecule has 7 heteroatoms. The molecule has 2 aliphatic rings. The lowest BCUT2D eigenvalue weighted by atomic mass is 9.97. The van der Waals surface area contributed by atoms with Gasteiger partial charge in [0.1, 0.15) is 5.82 Å². The summed E-state index contributed by atoms with van der Waals surface area (Å²) in [5.74, 6) is -0.353. The van der Waals surface area contributed by atoms with Crippen LogP contribution < -0.4 is 4.72 Å². The number of halogens is 2. The number of rotatable bonds is 2. The van der Waals surface area contributed by atoms with Crippen molar-refractivity contribution in [1.82, 2.24) is 9.03 Å². The van der Waals surface area contributed by atoms with Crippen LogP contribution in [-0.4, -0.2) is 18.8 Å². The summed E-state index contributed by atoms with van der Waals surface area (Å²) in [6.45, 7) is 3.76. The van der Waals surface area contributed by atoms with Gasteiger partial charge in [0.2, 0.25) is 0 Å². The first-order valence-electron chi connectivity index (χ1n) is 8.60. The van der Waals surface area contributed by atoms with Crippen molar-refractivity contribution in [2.24, 2.45) is 0 Å². The number of aryl methyl sites for hydroxylation is 2. The van der Waals surface area contributed by atoms with Crippen molar-refractivity contribution in [3.8, 4) is 0 Å². The van der Waals surface area contributed by atoms with Gasteiger partial charge in [0.05, 0.1) is 12.1 Å². The van der Waals surface area contributed by atoms with E-state index in [9.17, 15) is 12.8 Å². The molecule has 2 fully saturated rings. The molecule has 2 aromatic rings. The Kier molecular flexibility index (Phi) is 4.34. The molecule has 0 amide bonds. The van der Waals surface area contributed by atoms with Crippen LogP contribution in [0.15, 0.2) is 36.4 Å². The van der Waals surface area contributed by atoms with Gasteiger partial charge in [-0.2, -0.15) is 17.4 Å². The van der Waals surface area contributed by atoms with Gasteiger partial charge in [-0.25, -0.2) is 4.39 Å². The van der Waals surface area contributed by atoms with Gasteiger partial charge in [-0.05, 0) is 61.6 Å². The second-order valence-electron chi connectivity index (χ2n) is 7.18. The number of nitrogens with zero attached hydrogens (tertiary/aromatic N) is 1. The van der Waals surface area contributed by atoms with Gasteiger partial charge < -0.3 is 0 Å². The lowest BCUT2D eigenvalue weighted by Gasteiger charge is -2.24. The number of hydrogen-bond donors (Lipinski definition) is 1. The fourth-order valence-corrected chi connectivity index (χ4v) is 6.34. The average Bonchev–Trinajstić information content (AvgIpc) is 3.09. The minimum atomic E-state index is -3.67. The third-order valence-corrected chi connectivity index (χ3v) is 7.22. The Morgan fingerprint density at radius 2 is 1.88 bits per heavy atom. The van der Waals surface area contributed by atoms with Crippen LogP contribution in [0.1, 0.15) is 47.2 Å². The monoisotopic (exact) mass is 394 g/mol. The molecule has 0 unspecified atom stereocenters. The molecule has 4 rings (SSSR count). The predicted molar refractivity (Wildman–Crippen MR) is 99.7 cm³/mol. The summed E-state index contributed by atoms with van der Waals surface area (Å²) < 4.78 is 43.8. The summed E-state index contributed by atoms with van der Waals surface area (Å²) in [7, 11) is -3.67. The van der Waals surface area contributed by atoms with Crippen molar-refractivity contribution in [3.63, 3.8) is 0 Å². The molecule has 1 N–H and O–H groups in total. The zero-order valence-electron chi connectivity index (χ0n) is 14.5. The van der Waals surface area contributed by atoms with E-state index in [0.717, 1.165) is 16.7 Å². The van der Waals surface area contributed by atoms with Crippen molar-refractivity contribution in [2.75, 3.05) is 0 Å². The second kappa shape index (κ2) is 6.30. The molecule has 2 saturated heterocycles. The fourth-order valence-electron chi connectivity index (χ4n) is 4.22. The van der Waals surface area contributed by atoms with Crippen molar-refractivity contribution in [2.45, 2.75) is 44.8 Å². The number of nitrogens with one attached hydrogen (secondary N) is 1. The molecule has 26 heavy (non-hydrogen) atoms. The van der Waals surface area contributed by atoms with Gasteiger partial charge in [-0.3, -0.25) is 0 Å². The van der Waals surface area contributed by atoms with Gasteiger partial charge in [-0.15, -0.1) is 0 Å². The van der Waals surface area contributed by atoms with Crippen LogP contribution in [0.3, 0.4) is 0 Å². The second-order valence-corrected chi connectivity index (χ2v) is 9.19. The molecule has 2 aliphatic heterocycles. The maximum absolute atomic E-state index is 13.8. The number of hydrogen-bond acceptors (Lipinski definition) is 2. The topological polar surface area (TPSA) is 49.4 Å². The zero-order chi connectivity index (χ0) is 18.6. The van der Waals surface area contributed by atoms with E-state index >= 15 is 0 Å². The van der Waals surface area contributed by atoms with Crippen LogP contribution in [0.4, 0.5) is 4.39 Å². The maximum atomic E-state index is 13.8. The lowest BCUT2D eigenvalue weighted by molar-refractivity contribution is 0.330. The Hall–Kier alpha value is -1.47. The van der Waals surface area contributed by atoms with Crippen LogP contribution in [-0.2, 0) is 10.2 Å². The molecule has 3 atom stereocenters. The van der Waals surface area contributed by atoms with Gasteiger partial charge in [0, 0.05) is 11.1 Å². The fraction of sp³-hybridized carbons (Fsp3) is 0.368. The molecule has 0 aromatic heterocycles. The summed E-state index contributed by atoms with van der Waals surface area (Å²) >= 11 is 6.36. The first kappa shape index (κ1) is 17.9. The maximum Gasteiger partial charge on any atom is 0.280 e. The van der Waals surface area contributed by atoms with Gasteiger partial charge in [0.25, 0.3) is 10.2 Å². The van der Waals surface area contributed by atoms with E-state index < -0.39 is 16.3 Å². The molecule has 138 valence electrons. The molecule has 2 aromatic carbocycles. The Morgan fingerprint density at radius 3 is 2.62 bits per heavy atom. The van der Waals surface area contributed by atoms with Crippen LogP contribution in [0.25, 0.3) is 0 Å². The third-order valence-electron chi connectivity index (χ3n) is 5.24. The summed E-state index contributed by atoms with van der Waals surface area (Å²) in [4.78, 5) is 0. The summed E-state index contributed by atoms with van der Waals surface area (Å²) in [6.07, 6.45) is 1.39. The number of benzene rings is 2. The third kappa shape index (κ3) is 2.95. The van der Waals surface area contributed by atoms with E-state index in [-0.39, 0.29) is 17.9 Å². The molecular weight excluding hydrogens is 375 g/mol. The van der Waals surface area contributed by atoms with E-state index in [1.807, 2.05) is 31.2 Å². The summed E-state index contributed by atoms with van der Waals surface area (Å²) in [5.41, 5.74) is 3.30. The van der Waals surface area contributed by atoms with E-state index in [4.69, 9.17) is 11.6 Å².